The lowest BCUT2D eigenvalue weighted by Gasteiger charge is -2.05. The van der Waals surface area contributed by atoms with Gasteiger partial charge in [-0.05, 0) is 30.9 Å². The fourth-order valence-electron chi connectivity index (χ4n) is 1.82. The van der Waals surface area contributed by atoms with Gasteiger partial charge in [0.2, 0.25) is 0 Å². The third kappa shape index (κ3) is 4.34. The number of thiazole rings is 1. The van der Waals surface area contributed by atoms with Crippen LogP contribution in [0.4, 0.5) is 0 Å². The molecule has 6 heteroatoms. The number of nitrogens with zero attached hydrogens (tertiary/aromatic N) is 1. The molecule has 0 fully saturated rings. The van der Waals surface area contributed by atoms with E-state index in [1.54, 1.807) is 11.3 Å². The van der Waals surface area contributed by atoms with Gasteiger partial charge >= 0.3 is 8.60 Å². The fraction of sp³-hybridized carbons (Fsp3) is 0.308. The van der Waals surface area contributed by atoms with Gasteiger partial charge in [0.05, 0.1) is 22.7 Å². The monoisotopic (exact) mass is 297 g/mol. The van der Waals surface area contributed by atoms with Crippen molar-refractivity contribution in [3.63, 3.8) is 0 Å². The van der Waals surface area contributed by atoms with E-state index in [4.69, 9.17) is 14.3 Å². The van der Waals surface area contributed by atoms with Crippen molar-refractivity contribution in [1.82, 2.24) is 4.98 Å². The van der Waals surface area contributed by atoms with Crippen molar-refractivity contribution in [3.05, 3.63) is 41.0 Å². The van der Waals surface area contributed by atoms with E-state index in [-0.39, 0.29) is 0 Å². The van der Waals surface area contributed by atoms with Crippen LogP contribution in [0.1, 0.15) is 17.7 Å². The molecule has 1 aromatic carbocycles. The van der Waals surface area contributed by atoms with Crippen LogP contribution in [-0.4, -0.2) is 21.4 Å². The molecule has 2 N–H and O–H groups in total. The van der Waals surface area contributed by atoms with Crippen LogP contribution in [0.5, 0.6) is 0 Å². The summed E-state index contributed by atoms with van der Waals surface area (Å²) in [4.78, 5) is 22.7. The number of hydrogen-bond donors (Lipinski definition) is 2. The molecule has 2 rings (SSSR count). The molecule has 0 aliphatic heterocycles. The number of aromatic nitrogens is 1. The van der Waals surface area contributed by atoms with Gasteiger partial charge in [-0.3, -0.25) is 0 Å². The van der Waals surface area contributed by atoms with E-state index in [2.05, 4.69) is 29.2 Å². The van der Waals surface area contributed by atoms with Crippen LogP contribution in [0.15, 0.2) is 29.8 Å². The van der Waals surface area contributed by atoms with Gasteiger partial charge in [0.1, 0.15) is 0 Å². The Balaban J connectivity index is 1.90. The maximum absolute atomic E-state index is 8.61. The summed E-state index contributed by atoms with van der Waals surface area (Å²) in [7, 11) is -2.22. The highest BCUT2D eigenvalue weighted by Gasteiger charge is 2.04. The second-order valence-corrected chi connectivity index (χ2v) is 5.77. The van der Waals surface area contributed by atoms with Gasteiger partial charge in [0, 0.05) is 0 Å². The van der Waals surface area contributed by atoms with Crippen LogP contribution in [-0.2, 0) is 10.9 Å². The minimum atomic E-state index is -2.22. The van der Waals surface area contributed by atoms with E-state index >= 15 is 0 Å². The van der Waals surface area contributed by atoms with E-state index in [9.17, 15) is 0 Å². The van der Waals surface area contributed by atoms with Gasteiger partial charge in [-0.15, -0.1) is 11.3 Å². The summed E-state index contributed by atoms with van der Waals surface area (Å²) in [6, 6.07) is 8.38. The zero-order valence-electron chi connectivity index (χ0n) is 10.6. The minimum absolute atomic E-state index is 0.369. The summed E-state index contributed by atoms with van der Waals surface area (Å²) in [6.45, 7) is 2.38. The minimum Gasteiger partial charge on any atom is -0.328 e. The van der Waals surface area contributed by atoms with E-state index in [1.165, 1.54) is 16.0 Å². The molecule has 0 bridgehead atoms. The lowest BCUT2D eigenvalue weighted by Crippen LogP contribution is -1.93. The maximum Gasteiger partial charge on any atom is 0.327 e. The molecule has 19 heavy (non-hydrogen) atoms. The van der Waals surface area contributed by atoms with Gasteiger partial charge in [-0.2, -0.15) is 0 Å². The van der Waals surface area contributed by atoms with E-state index in [1.807, 2.05) is 12.4 Å². The highest BCUT2D eigenvalue weighted by molar-refractivity contribution is 7.39. The van der Waals surface area contributed by atoms with Crippen LogP contribution < -0.4 is 0 Å². The Morgan fingerprint density at radius 2 is 2.00 bits per heavy atom. The van der Waals surface area contributed by atoms with Crippen LogP contribution in [0.3, 0.4) is 0 Å². The average molecular weight is 297 g/mol. The molecule has 0 saturated carbocycles. The summed E-state index contributed by atoms with van der Waals surface area (Å²) < 4.78 is 4.73. The molecule has 0 aliphatic carbocycles. The molecule has 2 aromatic rings. The first kappa shape index (κ1) is 14.6. The molecular weight excluding hydrogens is 281 g/mol. The van der Waals surface area contributed by atoms with Gasteiger partial charge in [-0.1, -0.05) is 24.3 Å². The van der Waals surface area contributed by atoms with Crippen molar-refractivity contribution in [3.8, 4) is 10.4 Å². The molecule has 0 spiro atoms. The quantitative estimate of drug-likeness (QED) is 0.634. The second kappa shape index (κ2) is 7.08. The van der Waals surface area contributed by atoms with Crippen molar-refractivity contribution in [2.24, 2.45) is 0 Å². The molecule has 0 amide bonds. The Morgan fingerprint density at radius 1 is 1.26 bits per heavy atom. The fourth-order valence-corrected chi connectivity index (χ4v) is 2.93. The Labute approximate surface area is 117 Å². The molecule has 1 aromatic heterocycles. The number of hydrogen-bond acceptors (Lipinski definition) is 5. The molecule has 0 atom stereocenters. The standard InChI is InChI=1S/C13H16NO3PS/c1-10-13(19-9-14-10)12-6-4-11(5-7-12)3-2-8-17-18(15)16/h4-7,9,15-16H,2-3,8H2,1H3. The molecule has 0 unspecified atom stereocenters. The molecule has 1 heterocycles. The van der Waals surface area contributed by atoms with Crippen molar-refractivity contribution in [1.29, 1.82) is 0 Å². The van der Waals surface area contributed by atoms with Gasteiger partial charge in [0.25, 0.3) is 0 Å². The van der Waals surface area contributed by atoms with E-state index in [0.29, 0.717) is 6.61 Å². The topological polar surface area (TPSA) is 62.6 Å². The van der Waals surface area contributed by atoms with Crippen molar-refractivity contribution in [2.75, 3.05) is 6.61 Å². The molecule has 102 valence electrons. The summed E-state index contributed by atoms with van der Waals surface area (Å²) in [5.41, 5.74) is 5.33. The summed E-state index contributed by atoms with van der Waals surface area (Å²) in [5.74, 6) is 0. The first-order chi connectivity index (χ1) is 9.16. The van der Waals surface area contributed by atoms with Gasteiger partial charge in [-0.25, -0.2) is 4.98 Å². The van der Waals surface area contributed by atoms with Crippen LogP contribution in [0, 0.1) is 6.92 Å². The van der Waals surface area contributed by atoms with E-state index in [0.717, 1.165) is 18.5 Å². The van der Waals surface area contributed by atoms with E-state index < -0.39 is 8.60 Å². The van der Waals surface area contributed by atoms with Gasteiger partial charge < -0.3 is 14.3 Å². The van der Waals surface area contributed by atoms with Gasteiger partial charge in [0.15, 0.2) is 0 Å². The van der Waals surface area contributed by atoms with Crippen LogP contribution >= 0.6 is 19.9 Å². The zero-order chi connectivity index (χ0) is 13.7. The Hall–Kier alpha value is -0.840. The Kier molecular flexibility index (Phi) is 5.43. The van der Waals surface area contributed by atoms with Crippen molar-refractivity contribution in [2.45, 2.75) is 19.8 Å². The SMILES string of the molecule is Cc1ncsc1-c1ccc(CCCOP(O)O)cc1. The largest absolute Gasteiger partial charge is 0.328 e. The average Bonchev–Trinajstić information content (AvgIpc) is 2.81. The molecule has 4 nitrogen and oxygen atoms in total. The number of aryl methyl sites for hydroxylation is 2. The first-order valence-corrected chi connectivity index (χ1v) is 8.01. The van der Waals surface area contributed by atoms with Crippen LogP contribution in [0.25, 0.3) is 10.4 Å². The molecular formula is C13H16NO3PS. The lowest BCUT2D eigenvalue weighted by atomic mass is 10.1. The Bertz CT molecular complexity index is 513. The first-order valence-electron chi connectivity index (χ1n) is 5.97. The maximum atomic E-state index is 8.61. The number of rotatable bonds is 6. The van der Waals surface area contributed by atoms with Crippen LogP contribution in [0.2, 0.25) is 0 Å². The van der Waals surface area contributed by atoms with Crippen molar-refractivity contribution >= 4 is 19.9 Å². The third-order valence-corrected chi connectivity index (χ3v) is 4.17. The van der Waals surface area contributed by atoms with Crippen molar-refractivity contribution < 1.29 is 14.3 Å². The molecule has 0 aliphatic rings. The molecule has 0 radical (unpaired) electrons. The predicted molar refractivity (Wildman–Crippen MR) is 77.9 cm³/mol. The highest BCUT2D eigenvalue weighted by atomic mass is 32.1. The Morgan fingerprint density at radius 3 is 2.58 bits per heavy atom. The highest BCUT2D eigenvalue weighted by Crippen LogP contribution is 2.27. The predicted octanol–water partition coefficient (Wildman–Crippen LogP) is 3.28. The summed E-state index contributed by atoms with van der Waals surface area (Å²) >= 11 is 1.65. The smallest absolute Gasteiger partial charge is 0.327 e. The number of benzene rings is 1. The third-order valence-electron chi connectivity index (χ3n) is 2.78. The summed E-state index contributed by atoms with van der Waals surface area (Å²) in [6.07, 6.45) is 1.64. The normalized spacial score (nSPS) is 11.2. The summed E-state index contributed by atoms with van der Waals surface area (Å²) in [5, 5.41) is 0. The zero-order valence-corrected chi connectivity index (χ0v) is 12.3. The molecule has 0 saturated heterocycles. The second-order valence-electron chi connectivity index (χ2n) is 4.15. The lowest BCUT2D eigenvalue weighted by molar-refractivity contribution is 0.252.